The van der Waals surface area contributed by atoms with E-state index < -0.39 is 0 Å². The van der Waals surface area contributed by atoms with Crippen LogP contribution in [0.15, 0.2) is 0 Å². The summed E-state index contributed by atoms with van der Waals surface area (Å²) < 4.78 is 11.2. The van der Waals surface area contributed by atoms with Crippen LogP contribution in [0.5, 0.6) is 0 Å². The van der Waals surface area contributed by atoms with E-state index in [2.05, 4.69) is 27.7 Å². The molecule has 0 radical (unpaired) electrons. The van der Waals surface area contributed by atoms with Crippen LogP contribution in [0.3, 0.4) is 0 Å². The van der Waals surface area contributed by atoms with Crippen LogP contribution in [-0.2, 0) is 19.1 Å². The van der Waals surface area contributed by atoms with Gasteiger partial charge in [0.15, 0.2) is 0 Å². The lowest BCUT2D eigenvalue weighted by Gasteiger charge is -2.29. The summed E-state index contributed by atoms with van der Waals surface area (Å²) in [6, 6.07) is 0. The number of unbranched alkanes of at least 4 members (excludes halogenated alkanes) is 2. The molecule has 25 heavy (non-hydrogen) atoms. The Balaban J connectivity index is 2.11. The average molecular weight is 353 g/mol. The maximum absolute atomic E-state index is 13.0. The molecule has 4 nitrogen and oxygen atoms in total. The highest BCUT2D eigenvalue weighted by Gasteiger charge is 2.64. The molecule has 2 bridgehead atoms. The molecule has 5 unspecified atom stereocenters. The summed E-state index contributed by atoms with van der Waals surface area (Å²) in [7, 11) is 0. The SMILES string of the molecule is CCCCCC(CC)OC(=O)C1C(C(=O)OCC)C2CCC1C2(C)C. The summed E-state index contributed by atoms with van der Waals surface area (Å²) in [5.41, 5.74) is 0.00500. The van der Waals surface area contributed by atoms with Crippen molar-refractivity contribution in [2.75, 3.05) is 6.61 Å². The third kappa shape index (κ3) is 4.03. The van der Waals surface area contributed by atoms with E-state index in [0.717, 1.165) is 38.5 Å². The van der Waals surface area contributed by atoms with Crippen molar-refractivity contribution in [3.05, 3.63) is 0 Å². The van der Waals surface area contributed by atoms with Crippen molar-refractivity contribution < 1.29 is 19.1 Å². The minimum Gasteiger partial charge on any atom is -0.466 e. The van der Waals surface area contributed by atoms with Crippen LogP contribution in [0.4, 0.5) is 0 Å². The molecule has 144 valence electrons. The van der Waals surface area contributed by atoms with E-state index in [0.29, 0.717) is 6.61 Å². The molecule has 5 atom stereocenters. The fraction of sp³-hybridized carbons (Fsp3) is 0.905. The Morgan fingerprint density at radius 1 is 1.00 bits per heavy atom. The molecular formula is C21H36O4. The Hall–Kier alpha value is -1.06. The van der Waals surface area contributed by atoms with Crippen molar-refractivity contribution >= 4 is 11.9 Å². The third-order valence-corrected chi connectivity index (χ3v) is 6.65. The van der Waals surface area contributed by atoms with Gasteiger partial charge in [-0.2, -0.15) is 0 Å². The minimum absolute atomic E-state index is 0.00500. The summed E-state index contributed by atoms with van der Waals surface area (Å²) >= 11 is 0. The van der Waals surface area contributed by atoms with Crippen LogP contribution in [0.2, 0.25) is 0 Å². The Kier molecular flexibility index (Phi) is 6.93. The fourth-order valence-corrected chi connectivity index (χ4v) is 5.23. The third-order valence-electron chi connectivity index (χ3n) is 6.65. The Labute approximate surface area is 153 Å². The number of hydrogen-bond donors (Lipinski definition) is 0. The summed E-state index contributed by atoms with van der Waals surface area (Å²) in [6.07, 6.45) is 7.18. The second-order valence-corrected chi connectivity index (χ2v) is 8.38. The van der Waals surface area contributed by atoms with Gasteiger partial charge in [-0.1, -0.05) is 40.5 Å². The molecule has 0 heterocycles. The average Bonchev–Trinajstić information content (AvgIpc) is 2.99. The second-order valence-electron chi connectivity index (χ2n) is 8.38. The van der Waals surface area contributed by atoms with Gasteiger partial charge in [0.1, 0.15) is 6.10 Å². The molecule has 0 amide bonds. The van der Waals surface area contributed by atoms with Gasteiger partial charge in [-0.3, -0.25) is 9.59 Å². The largest absolute Gasteiger partial charge is 0.466 e. The van der Waals surface area contributed by atoms with Crippen molar-refractivity contribution in [3.8, 4) is 0 Å². The molecule has 0 aliphatic heterocycles. The summed E-state index contributed by atoms with van der Waals surface area (Å²) in [5.74, 6) is -0.561. The first-order valence-electron chi connectivity index (χ1n) is 10.2. The Morgan fingerprint density at radius 2 is 1.60 bits per heavy atom. The molecule has 0 aromatic carbocycles. The standard InChI is InChI=1S/C21H36O4/c1-6-9-10-11-14(7-2)25-20(23)18-16-13-12-15(21(16,4)5)17(18)19(22)24-8-3/h14-18H,6-13H2,1-5H3. The van der Waals surface area contributed by atoms with Crippen LogP contribution in [0, 0.1) is 29.1 Å². The quantitative estimate of drug-likeness (QED) is 0.444. The van der Waals surface area contributed by atoms with E-state index in [1.807, 2.05) is 6.92 Å². The highest BCUT2D eigenvalue weighted by molar-refractivity contribution is 5.84. The van der Waals surface area contributed by atoms with Gasteiger partial charge in [-0.05, 0) is 56.3 Å². The van der Waals surface area contributed by atoms with Crippen LogP contribution in [-0.4, -0.2) is 24.6 Å². The first-order chi connectivity index (χ1) is 11.9. The van der Waals surface area contributed by atoms with Gasteiger partial charge in [-0.25, -0.2) is 0 Å². The first kappa shape index (κ1) is 20.3. The monoisotopic (exact) mass is 352 g/mol. The number of rotatable bonds is 9. The van der Waals surface area contributed by atoms with Gasteiger partial charge < -0.3 is 9.47 Å². The highest BCUT2D eigenvalue weighted by Crippen LogP contribution is 2.63. The summed E-state index contributed by atoms with van der Waals surface area (Å²) in [4.78, 5) is 25.6. The van der Waals surface area contributed by atoms with Gasteiger partial charge >= 0.3 is 11.9 Å². The molecule has 0 spiro atoms. The Bertz CT molecular complexity index is 471. The van der Waals surface area contributed by atoms with Crippen molar-refractivity contribution in [2.24, 2.45) is 29.1 Å². The van der Waals surface area contributed by atoms with Crippen molar-refractivity contribution in [1.29, 1.82) is 0 Å². The molecular weight excluding hydrogens is 316 g/mol. The number of hydrogen-bond acceptors (Lipinski definition) is 4. The summed E-state index contributed by atoms with van der Waals surface area (Å²) in [5, 5.41) is 0. The second kappa shape index (κ2) is 8.55. The number of ether oxygens (including phenoxy) is 2. The van der Waals surface area contributed by atoms with Crippen molar-refractivity contribution in [3.63, 3.8) is 0 Å². The van der Waals surface area contributed by atoms with Gasteiger partial charge in [0.2, 0.25) is 0 Å². The molecule has 2 fully saturated rings. The van der Waals surface area contributed by atoms with Crippen LogP contribution in [0.25, 0.3) is 0 Å². The Morgan fingerprint density at radius 3 is 2.12 bits per heavy atom. The maximum atomic E-state index is 13.0. The molecule has 4 heteroatoms. The molecule has 2 aliphatic carbocycles. The zero-order valence-electron chi connectivity index (χ0n) is 16.7. The van der Waals surface area contributed by atoms with E-state index in [-0.39, 0.29) is 47.1 Å². The topological polar surface area (TPSA) is 52.6 Å². The lowest BCUT2D eigenvalue weighted by atomic mass is 9.79. The van der Waals surface area contributed by atoms with Crippen molar-refractivity contribution in [1.82, 2.24) is 0 Å². The van der Waals surface area contributed by atoms with Gasteiger partial charge in [0.25, 0.3) is 0 Å². The maximum Gasteiger partial charge on any atom is 0.310 e. The smallest absolute Gasteiger partial charge is 0.310 e. The highest BCUT2D eigenvalue weighted by atomic mass is 16.5. The number of carbonyl (C=O) groups excluding carboxylic acids is 2. The normalized spacial score (nSPS) is 30.9. The van der Waals surface area contributed by atoms with Crippen LogP contribution in [0.1, 0.15) is 79.6 Å². The molecule has 2 saturated carbocycles. The van der Waals surface area contributed by atoms with Crippen molar-refractivity contribution in [2.45, 2.75) is 85.7 Å². The minimum atomic E-state index is -0.326. The zero-order valence-corrected chi connectivity index (χ0v) is 16.7. The predicted octanol–water partition coefficient (Wildman–Crippen LogP) is 4.75. The molecule has 0 saturated heterocycles. The van der Waals surface area contributed by atoms with Gasteiger partial charge in [0.05, 0.1) is 18.4 Å². The molecule has 0 aromatic heterocycles. The predicted molar refractivity (Wildman–Crippen MR) is 97.9 cm³/mol. The lowest BCUT2D eigenvalue weighted by molar-refractivity contribution is -0.167. The van der Waals surface area contributed by atoms with E-state index in [9.17, 15) is 9.59 Å². The molecule has 2 rings (SSSR count). The van der Waals surface area contributed by atoms with E-state index in [1.165, 1.54) is 6.42 Å². The molecule has 2 aliphatic rings. The number of fused-ring (bicyclic) bond motifs is 2. The van der Waals surface area contributed by atoms with Gasteiger partial charge in [-0.15, -0.1) is 0 Å². The lowest BCUT2D eigenvalue weighted by Crippen LogP contribution is -2.38. The fourth-order valence-electron chi connectivity index (χ4n) is 5.23. The van der Waals surface area contributed by atoms with E-state index in [4.69, 9.17) is 9.47 Å². The molecule has 0 N–H and O–H groups in total. The van der Waals surface area contributed by atoms with E-state index in [1.54, 1.807) is 0 Å². The molecule has 0 aromatic rings. The summed E-state index contributed by atoms with van der Waals surface area (Å²) in [6.45, 7) is 10.8. The van der Waals surface area contributed by atoms with Crippen LogP contribution < -0.4 is 0 Å². The number of carbonyl (C=O) groups is 2. The van der Waals surface area contributed by atoms with E-state index >= 15 is 0 Å². The first-order valence-corrected chi connectivity index (χ1v) is 10.2. The van der Waals surface area contributed by atoms with Crippen LogP contribution >= 0.6 is 0 Å². The zero-order chi connectivity index (χ0) is 18.6. The number of esters is 2. The van der Waals surface area contributed by atoms with Gasteiger partial charge in [0, 0.05) is 0 Å².